The molecule has 0 aliphatic heterocycles. The minimum atomic E-state index is -0.632. The van der Waals surface area contributed by atoms with Gasteiger partial charge in [0.2, 0.25) is 0 Å². The van der Waals surface area contributed by atoms with Crippen LogP contribution in [0.1, 0.15) is 93.7 Å². The molecule has 27 heavy (non-hydrogen) atoms. The van der Waals surface area contributed by atoms with Gasteiger partial charge in [-0.05, 0) is 11.1 Å². The van der Waals surface area contributed by atoms with E-state index in [1.54, 1.807) is 57.2 Å². The lowest BCUT2D eigenvalue weighted by Crippen LogP contribution is -2.28. The first-order valence-corrected chi connectivity index (χ1v) is 9.35. The number of ketones is 4. The predicted octanol–water partition coefficient (Wildman–Crippen LogP) is 4.53. The third kappa shape index (κ3) is 2.95. The smallest absolute Gasteiger partial charge is 0.195 e. The van der Waals surface area contributed by atoms with Crippen LogP contribution in [0.25, 0.3) is 0 Å². The Morgan fingerprint density at radius 3 is 1.56 bits per heavy atom. The van der Waals surface area contributed by atoms with Crippen molar-refractivity contribution in [1.29, 1.82) is 0 Å². The third-order valence-electron chi connectivity index (χ3n) is 5.18. The van der Waals surface area contributed by atoms with Crippen molar-refractivity contribution in [2.24, 2.45) is 0 Å². The number of carbonyl (C=O) groups excluding carboxylic acids is 4. The van der Waals surface area contributed by atoms with Crippen LogP contribution in [0.5, 0.6) is 0 Å². The maximum absolute atomic E-state index is 13.4. The summed E-state index contributed by atoms with van der Waals surface area (Å²) >= 11 is 0. The molecule has 3 rings (SSSR count). The number of carbonyl (C=O) groups is 4. The molecular weight excluding hydrogens is 340 g/mol. The van der Waals surface area contributed by atoms with Crippen LogP contribution in [0.2, 0.25) is 0 Å². The molecular formula is C23H22O4. The zero-order valence-electron chi connectivity index (χ0n) is 15.8. The Bertz CT molecular complexity index is 899. The summed E-state index contributed by atoms with van der Waals surface area (Å²) < 4.78 is 0. The number of hydrogen-bond acceptors (Lipinski definition) is 4. The van der Waals surface area contributed by atoms with E-state index in [-0.39, 0.29) is 47.1 Å². The van der Waals surface area contributed by atoms with Gasteiger partial charge in [-0.3, -0.25) is 19.2 Å². The van der Waals surface area contributed by atoms with Crippen molar-refractivity contribution in [2.75, 3.05) is 0 Å². The lowest BCUT2D eigenvalue weighted by atomic mass is 9.71. The molecule has 138 valence electrons. The van der Waals surface area contributed by atoms with E-state index >= 15 is 0 Å². The topological polar surface area (TPSA) is 68.3 Å². The van der Waals surface area contributed by atoms with Crippen molar-refractivity contribution in [3.8, 4) is 0 Å². The Morgan fingerprint density at radius 1 is 0.741 bits per heavy atom. The molecule has 0 heterocycles. The van der Waals surface area contributed by atoms with Gasteiger partial charge in [-0.2, -0.15) is 0 Å². The van der Waals surface area contributed by atoms with Crippen LogP contribution in [0.15, 0.2) is 36.4 Å². The molecule has 0 saturated heterocycles. The lowest BCUT2D eigenvalue weighted by molar-refractivity contribution is -0.119. The fourth-order valence-electron chi connectivity index (χ4n) is 3.82. The largest absolute Gasteiger partial charge is 0.299 e. The van der Waals surface area contributed by atoms with Crippen LogP contribution in [0, 0.1) is 0 Å². The summed E-state index contributed by atoms with van der Waals surface area (Å²) in [6.45, 7) is 5.26. The molecule has 1 aliphatic rings. The molecule has 2 aromatic carbocycles. The van der Waals surface area contributed by atoms with Gasteiger partial charge in [-0.15, -0.1) is 0 Å². The second-order valence-electron chi connectivity index (χ2n) is 6.68. The van der Waals surface area contributed by atoms with Gasteiger partial charge in [0.15, 0.2) is 17.3 Å². The number of benzene rings is 2. The van der Waals surface area contributed by atoms with Crippen molar-refractivity contribution in [1.82, 2.24) is 0 Å². The monoisotopic (exact) mass is 362 g/mol. The van der Waals surface area contributed by atoms with Crippen molar-refractivity contribution in [2.45, 2.75) is 46.0 Å². The Hall–Kier alpha value is -2.88. The van der Waals surface area contributed by atoms with Gasteiger partial charge in [-0.25, -0.2) is 0 Å². The van der Waals surface area contributed by atoms with E-state index in [0.717, 1.165) is 0 Å². The maximum atomic E-state index is 13.4. The van der Waals surface area contributed by atoms with Gasteiger partial charge in [0.05, 0.1) is 5.92 Å². The van der Waals surface area contributed by atoms with Crippen LogP contribution in [0.3, 0.4) is 0 Å². The molecule has 2 aromatic rings. The second-order valence-corrected chi connectivity index (χ2v) is 6.68. The normalized spacial score (nSPS) is 13.1. The Balaban J connectivity index is 2.38. The van der Waals surface area contributed by atoms with E-state index in [2.05, 4.69) is 0 Å². The second kappa shape index (κ2) is 7.39. The average molecular weight is 362 g/mol. The highest BCUT2D eigenvalue weighted by molar-refractivity contribution is 6.23. The number of fused-ring (bicyclic) bond motifs is 2. The molecule has 0 N–H and O–H groups in total. The number of hydrogen-bond donors (Lipinski definition) is 0. The zero-order chi connectivity index (χ0) is 19.7. The Labute approximate surface area is 158 Å². The maximum Gasteiger partial charge on any atom is 0.195 e. The highest BCUT2D eigenvalue weighted by Gasteiger charge is 2.38. The molecule has 0 fully saturated rings. The molecule has 4 nitrogen and oxygen atoms in total. The van der Waals surface area contributed by atoms with E-state index in [4.69, 9.17) is 0 Å². The van der Waals surface area contributed by atoms with Crippen LogP contribution in [-0.2, 0) is 4.79 Å². The van der Waals surface area contributed by atoms with Gasteiger partial charge in [0.1, 0.15) is 5.78 Å². The molecule has 0 amide bonds. The van der Waals surface area contributed by atoms with E-state index in [9.17, 15) is 19.2 Å². The van der Waals surface area contributed by atoms with E-state index in [1.165, 1.54) is 0 Å². The molecule has 4 heteroatoms. The highest BCUT2D eigenvalue weighted by Crippen LogP contribution is 2.40. The molecule has 0 saturated carbocycles. The summed E-state index contributed by atoms with van der Waals surface area (Å²) in [6.07, 6.45) is 0.826. The van der Waals surface area contributed by atoms with Crippen LogP contribution >= 0.6 is 0 Å². The fourth-order valence-corrected chi connectivity index (χ4v) is 3.82. The molecule has 0 unspecified atom stereocenters. The van der Waals surface area contributed by atoms with E-state index in [1.807, 2.05) is 0 Å². The fraction of sp³-hybridized carbons (Fsp3) is 0.304. The van der Waals surface area contributed by atoms with Crippen LogP contribution in [0.4, 0.5) is 0 Å². The van der Waals surface area contributed by atoms with Crippen LogP contribution in [-0.4, -0.2) is 23.1 Å². The summed E-state index contributed by atoms with van der Waals surface area (Å²) in [6, 6.07) is 10.2. The summed E-state index contributed by atoms with van der Waals surface area (Å²) in [5.74, 6) is -1.30. The summed E-state index contributed by atoms with van der Waals surface area (Å²) in [4.78, 5) is 51.2. The van der Waals surface area contributed by atoms with Crippen molar-refractivity contribution >= 4 is 23.1 Å². The minimum absolute atomic E-state index is 0.0350. The molecule has 0 atom stereocenters. The first-order valence-electron chi connectivity index (χ1n) is 9.35. The van der Waals surface area contributed by atoms with Gasteiger partial charge in [0, 0.05) is 41.5 Å². The van der Waals surface area contributed by atoms with Crippen LogP contribution < -0.4 is 0 Å². The first kappa shape index (κ1) is 18.9. The standard InChI is InChI=1S/C23H22O4/c1-4-17(24)13-9-7-11-15-20(19(26)6-3)16-12-8-10-14(18(25)5-2)22(16)23(27)21(13)15/h7-12,20H,4-6H2,1-3H3. The minimum Gasteiger partial charge on any atom is -0.299 e. The lowest BCUT2D eigenvalue weighted by Gasteiger charge is -2.29. The molecule has 1 aliphatic carbocycles. The third-order valence-corrected chi connectivity index (χ3v) is 5.18. The van der Waals surface area contributed by atoms with Gasteiger partial charge >= 0.3 is 0 Å². The summed E-state index contributed by atoms with van der Waals surface area (Å²) in [5.41, 5.74) is 2.36. The SMILES string of the molecule is CCC(=O)c1cccc2c1C(=O)c1c(C(=O)CC)cccc1C2C(=O)CC. The van der Waals surface area contributed by atoms with Crippen molar-refractivity contribution in [3.05, 3.63) is 69.8 Å². The van der Waals surface area contributed by atoms with Gasteiger partial charge < -0.3 is 0 Å². The van der Waals surface area contributed by atoms with E-state index < -0.39 is 5.92 Å². The first-order chi connectivity index (χ1) is 13.0. The zero-order valence-corrected chi connectivity index (χ0v) is 15.8. The highest BCUT2D eigenvalue weighted by atomic mass is 16.1. The van der Waals surface area contributed by atoms with Crippen molar-refractivity contribution < 1.29 is 19.2 Å². The number of Topliss-reactive ketones (excluding diaryl/α,β-unsaturated/α-hetero) is 3. The van der Waals surface area contributed by atoms with E-state index in [0.29, 0.717) is 28.7 Å². The summed E-state index contributed by atoms with van der Waals surface area (Å²) in [5, 5.41) is 0. The molecule has 0 bridgehead atoms. The Morgan fingerprint density at radius 2 is 1.19 bits per heavy atom. The quantitative estimate of drug-likeness (QED) is 0.708. The van der Waals surface area contributed by atoms with Gasteiger partial charge in [-0.1, -0.05) is 57.2 Å². The average Bonchev–Trinajstić information content (AvgIpc) is 2.71. The number of rotatable bonds is 6. The van der Waals surface area contributed by atoms with Gasteiger partial charge in [0.25, 0.3) is 0 Å². The molecule has 0 spiro atoms. The molecule has 0 aromatic heterocycles. The Kier molecular flexibility index (Phi) is 5.17. The summed E-state index contributed by atoms with van der Waals surface area (Å²) in [7, 11) is 0. The van der Waals surface area contributed by atoms with Crippen molar-refractivity contribution in [3.63, 3.8) is 0 Å². The predicted molar refractivity (Wildman–Crippen MR) is 103 cm³/mol. The molecule has 0 radical (unpaired) electrons.